The number of ether oxygens (including phenoxy) is 1. The van der Waals surface area contributed by atoms with E-state index in [1.54, 1.807) is 6.07 Å². The predicted octanol–water partition coefficient (Wildman–Crippen LogP) is 2.09. The molecule has 0 bridgehead atoms. The Morgan fingerprint density at radius 3 is 3.06 bits per heavy atom. The number of nitrogens with zero attached hydrogens (tertiary/aromatic N) is 2. The summed E-state index contributed by atoms with van der Waals surface area (Å²) in [5.41, 5.74) is 0.810. The number of hydrogen-bond acceptors (Lipinski definition) is 5. The van der Waals surface area contributed by atoms with Gasteiger partial charge in [-0.15, -0.1) is 0 Å². The zero-order valence-electron chi connectivity index (χ0n) is 10.3. The predicted molar refractivity (Wildman–Crippen MR) is 65.0 cm³/mol. The summed E-state index contributed by atoms with van der Waals surface area (Å²) in [6, 6.07) is 7.27. The first-order valence-electron chi connectivity index (χ1n) is 5.96. The molecule has 0 fully saturated rings. The van der Waals surface area contributed by atoms with Gasteiger partial charge in [0.25, 0.3) is 5.89 Å². The van der Waals surface area contributed by atoms with Crippen LogP contribution in [0.4, 0.5) is 0 Å². The first-order chi connectivity index (χ1) is 8.81. The summed E-state index contributed by atoms with van der Waals surface area (Å²) in [6.45, 7) is 2.30. The van der Waals surface area contributed by atoms with Crippen molar-refractivity contribution < 1.29 is 14.4 Å². The molecule has 2 rings (SSSR count). The molecular weight excluding hydrogens is 232 g/mol. The van der Waals surface area contributed by atoms with Crippen LogP contribution in [0.15, 0.2) is 28.8 Å². The smallest absolute Gasteiger partial charge is 0.264 e. The van der Waals surface area contributed by atoms with Crippen molar-refractivity contribution in [1.82, 2.24) is 10.1 Å². The SMILES string of the molecule is CCCc1noc(COc2cccc(CO)c2)n1. The zero-order chi connectivity index (χ0) is 12.8. The molecule has 0 aliphatic rings. The molecule has 2 aromatic rings. The summed E-state index contributed by atoms with van der Waals surface area (Å²) in [5, 5.41) is 12.9. The van der Waals surface area contributed by atoms with E-state index in [1.807, 2.05) is 18.2 Å². The Labute approximate surface area is 105 Å². The maximum atomic E-state index is 9.01. The maximum Gasteiger partial charge on any atom is 0.264 e. The molecule has 0 saturated carbocycles. The van der Waals surface area contributed by atoms with Crippen LogP contribution in [0.2, 0.25) is 0 Å². The molecule has 0 amide bonds. The molecule has 1 aromatic heterocycles. The highest BCUT2D eigenvalue weighted by Crippen LogP contribution is 2.14. The average Bonchev–Trinajstić information content (AvgIpc) is 2.85. The molecule has 0 radical (unpaired) electrons. The number of hydrogen-bond donors (Lipinski definition) is 1. The van der Waals surface area contributed by atoms with Gasteiger partial charge in [0.05, 0.1) is 6.61 Å². The summed E-state index contributed by atoms with van der Waals surface area (Å²) in [7, 11) is 0. The molecule has 0 aliphatic heterocycles. The van der Waals surface area contributed by atoms with Crippen LogP contribution >= 0.6 is 0 Å². The van der Waals surface area contributed by atoms with Crippen molar-refractivity contribution in [3.05, 3.63) is 41.5 Å². The van der Waals surface area contributed by atoms with Crippen molar-refractivity contribution >= 4 is 0 Å². The average molecular weight is 248 g/mol. The molecule has 1 heterocycles. The number of rotatable bonds is 6. The van der Waals surface area contributed by atoms with Crippen molar-refractivity contribution in [2.24, 2.45) is 0 Å². The summed E-state index contributed by atoms with van der Waals surface area (Å²) in [5.74, 6) is 1.85. The molecule has 0 spiro atoms. The van der Waals surface area contributed by atoms with Crippen LogP contribution in [0.5, 0.6) is 5.75 Å². The number of benzene rings is 1. The van der Waals surface area contributed by atoms with Crippen LogP contribution in [0, 0.1) is 0 Å². The maximum absolute atomic E-state index is 9.01. The fourth-order valence-corrected chi connectivity index (χ4v) is 1.55. The highest BCUT2D eigenvalue weighted by Gasteiger charge is 2.06. The third kappa shape index (κ3) is 3.30. The van der Waals surface area contributed by atoms with Crippen LogP contribution in [-0.2, 0) is 19.6 Å². The van der Waals surface area contributed by atoms with Crippen molar-refractivity contribution in [3.63, 3.8) is 0 Å². The Bertz CT molecular complexity index is 496. The van der Waals surface area contributed by atoms with Gasteiger partial charge in [-0.3, -0.25) is 0 Å². The number of aliphatic hydroxyl groups excluding tert-OH is 1. The Balaban J connectivity index is 1.93. The van der Waals surface area contributed by atoms with E-state index in [0.717, 1.165) is 18.4 Å². The van der Waals surface area contributed by atoms with Gasteiger partial charge in [0.15, 0.2) is 12.4 Å². The second-order valence-electron chi connectivity index (χ2n) is 3.95. The highest BCUT2D eigenvalue weighted by molar-refractivity contribution is 5.27. The van der Waals surface area contributed by atoms with E-state index >= 15 is 0 Å². The van der Waals surface area contributed by atoms with Crippen molar-refractivity contribution in [1.29, 1.82) is 0 Å². The molecule has 5 nitrogen and oxygen atoms in total. The van der Waals surface area contributed by atoms with E-state index in [9.17, 15) is 0 Å². The van der Waals surface area contributed by atoms with Crippen LogP contribution in [-0.4, -0.2) is 15.2 Å². The molecule has 1 aromatic carbocycles. The van der Waals surface area contributed by atoms with E-state index in [0.29, 0.717) is 17.5 Å². The van der Waals surface area contributed by atoms with Crippen LogP contribution in [0.1, 0.15) is 30.6 Å². The molecule has 0 unspecified atom stereocenters. The number of aromatic nitrogens is 2. The lowest BCUT2D eigenvalue weighted by Crippen LogP contribution is -1.97. The van der Waals surface area contributed by atoms with Crippen molar-refractivity contribution in [2.45, 2.75) is 33.0 Å². The monoisotopic (exact) mass is 248 g/mol. The third-order valence-corrected chi connectivity index (χ3v) is 2.43. The molecule has 0 saturated heterocycles. The first kappa shape index (κ1) is 12.6. The molecule has 1 N–H and O–H groups in total. The van der Waals surface area contributed by atoms with Gasteiger partial charge in [0.2, 0.25) is 0 Å². The van der Waals surface area contributed by atoms with Gasteiger partial charge in [-0.05, 0) is 24.1 Å². The topological polar surface area (TPSA) is 68.4 Å². The van der Waals surface area contributed by atoms with Gasteiger partial charge in [-0.2, -0.15) is 4.98 Å². The molecule has 0 atom stereocenters. The molecule has 96 valence electrons. The Morgan fingerprint density at radius 2 is 2.28 bits per heavy atom. The van der Waals surface area contributed by atoms with Crippen molar-refractivity contribution in [3.8, 4) is 5.75 Å². The van der Waals surface area contributed by atoms with Crippen LogP contribution < -0.4 is 4.74 Å². The Kier molecular flexibility index (Phi) is 4.30. The standard InChI is InChI=1S/C13H16N2O3/c1-2-4-12-14-13(18-15-12)9-17-11-6-3-5-10(7-11)8-16/h3,5-7,16H,2,4,8-9H2,1H3. The second kappa shape index (κ2) is 6.16. The minimum Gasteiger partial charge on any atom is -0.484 e. The summed E-state index contributed by atoms with van der Waals surface area (Å²) < 4.78 is 10.6. The highest BCUT2D eigenvalue weighted by atomic mass is 16.5. The van der Waals surface area contributed by atoms with Gasteiger partial charge in [0, 0.05) is 6.42 Å². The van der Waals surface area contributed by atoms with E-state index in [-0.39, 0.29) is 13.2 Å². The van der Waals surface area contributed by atoms with Gasteiger partial charge >= 0.3 is 0 Å². The lowest BCUT2D eigenvalue weighted by Gasteiger charge is -2.04. The third-order valence-electron chi connectivity index (χ3n) is 2.43. The van der Waals surface area contributed by atoms with Gasteiger partial charge in [0.1, 0.15) is 5.75 Å². The first-order valence-corrected chi connectivity index (χ1v) is 5.96. The van der Waals surface area contributed by atoms with E-state index in [2.05, 4.69) is 17.1 Å². The fraction of sp³-hybridized carbons (Fsp3) is 0.385. The normalized spacial score (nSPS) is 10.6. The van der Waals surface area contributed by atoms with Crippen molar-refractivity contribution in [2.75, 3.05) is 0 Å². The molecule has 0 aliphatic carbocycles. The summed E-state index contributed by atoms with van der Waals surface area (Å²) in [4.78, 5) is 4.21. The molecule has 5 heteroatoms. The quantitative estimate of drug-likeness (QED) is 0.847. The lowest BCUT2D eigenvalue weighted by atomic mass is 10.2. The second-order valence-corrected chi connectivity index (χ2v) is 3.95. The van der Waals surface area contributed by atoms with Gasteiger partial charge in [-0.25, -0.2) is 0 Å². The number of aryl methyl sites for hydroxylation is 1. The Morgan fingerprint density at radius 1 is 1.39 bits per heavy atom. The van der Waals surface area contributed by atoms with Gasteiger partial charge < -0.3 is 14.4 Å². The minimum absolute atomic E-state index is 0.00158. The van der Waals surface area contributed by atoms with Gasteiger partial charge in [-0.1, -0.05) is 24.2 Å². The number of aliphatic hydroxyl groups is 1. The molecular formula is C13H16N2O3. The van der Waals surface area contributed by atoms with Crippen LogP contribution in [0.3, 0.4) is 0 Å². The van der Waals surface area contributed by atoms with E-state index in [1.165, 1.54) is 0 Å². The molecule has 18 heavy (non-hydrogen) atoms. The fourth-order valence-electron chi connectivity index (χ4n) is 1.55. The largest absolute Gasteiger partial charge is 0.484 e. The summed E-state index contributed by atoms with van der Waals surface area (Å²) in [6.07, 6.45) is 1.79. The Hall–Kier alpha value is -1.88. The minimum atomic E-state index is -0.00158. The van der Waals surface area contributed by atoms with E-state index < -0.39 is 0 Å². The van der Waals surface area contributed by atoms with E-state index in [4.69, 9.17) is 14.4 Å². The zero-order valence-corrected chi connectivity index (χ0v) is 10.3. The summed E-state index contributed by atoms with van der Waals surface area (Å²) >= 11 is 0. The lowest BCUT2D eigenvalue weighted by molar-refractivity contribution is 0.241. The van der Waals surface area contributed by atoms with Crippen LogP contribution in [0.25, 0.3) is 0 Å².